The summed E-state index contributed by atoms with van der Waals surface area (Å²) >= 11 is 0. The molecular weight excluding hydrogens is 382 g/mol. The number of benzene rings is 1. The van der Waals surface area contributed by atoms with Gasteiger partial charge in [-0.3, -0.25) is 4.84 Å². The van der Waals surface area contributed by atoms with Crippen molar-refractivity contribution >= 4 is 0 Å². The van der Waals surface area contributed by atoms with Crippen LogP contribution < -0.4 is 4.74 Å². The van der Waals surface area contributed by atoms with E-state index in [1.807, 2.05) is 12.1 Å². The monoisotopic (exact) mass is 419 g/mol. The van der Waals surface area contributed by atoms with Crippen LogP contribution in [-0.2, 0) is 25.5 Å². The number of hydrogen-bond acceptors (Lipinski definition) is 6. The lowest BCUT2D eigenvalue weighted by Crippen LogP contribution is -2.65. The van der Waals surface area contributed by atoms with Gasteiger partial charge in [-0.05, 0) is 58.2 Å². The van der Waals surface area contributed by atoms with Crippen LogP contribution in [0.25, 0.3) is 0 Å². The molecule has 168 valence electrons. The Morgan fingerprint density at radius 2 is 1.67 bits per heavy atom. The van der Waals surface area contributed by atoms with Gasteiger partial charge in [-0.1, -0.05) is 19.1 Å². The van der Waals surface area contributed by atoms with Crippen molar-refractivity contribution in [1.29, 1.82) is 0 Å². The SMILES string of the molecule is CCC1COC2(CC(C)(C)N(OCCc3ccc(OCC4CO4)cc3)C(C)(C)C2)O1. The Hall–Kier alpha value is -1.18. The van der Waals surface area contributed by atoms with Crippen LogP contribution in [0.15, 0.2) is 24.3 Å². The zero-order valence-electron chi connectivity index (χ0n) is 19.1. The molecule has 3 saturated heterocycles. The number of epoxide rings is 1. The van der Waals surface area contributed by atoms with Crippen molar-refractivity contribution in [3.8, 4) is 5.75 Å². The third kappa shape index (κ3) is 5.00. The summed E-state index contributed by atoms with van der Waals surface area (Å²) in [4.78, 5) is 6.37. The lowest BCUT2D eigenvalue weighted by molar-refractivity contribution is -0.337. The summed E-state index contributed by atoms with van der Waals surface area (Å²) in [7, 11) is 0. The summed E-state index contributed by atoms with van der Waals surface area (Å²) < 4.78 is 23.5. The van der Waals surface area contributed by atoms with E-state index in [1.165, 1.54) is 5.56 Å². The van der Waals surface area contributed by atoms with Crippen LogP contribution >= 0.6 is 0 Å². The van der Waals surface area contributed by atoms with E-state index >= 15 is 0 Å². The zero-order valence-corrected chi connectivity index (χ0v) is 19.1. The van der Waals surface area contributed by atoms with Crippen molar-refractivity contribution in [2.75, 3.05) is 26.4 Å². The van der Waals surface area contributed by atoms with Gasteiger partial charge in [0.2, 0.25) is 0 Å². The van der Waals surface area contributed by atoms with Crippen molar-refractivity contribution in [2.24, 2.45) is 0 Å². The standard InChI is InChI=1S/C24H37NO5/c1-6-19-15-28-24(30-19)16-22(2,3)25(23(4,5)17-24)29-12-11-18-7-9-20(10-8-18)26-13-21-14-27-21/h7-10,19,21H,6,11-17H2,1-5H3. The molecule has 1 spiro atoms. The van der Waals surface area contributed by atoms with Gasteiger partial charge < -0.3 is 18.9 Å². The van der Waals surface area contributed by atoms with E-state index in [4.69, 9.17) is 23.8 Å². The second-order valence-electron chi connectivity index (χ2n) is 10.1. The van der Waals surface area contributed by atoms with Crippen LogP contribution in [0, 0.1) is 0 Å². The van der Waals surface area contributed by atoms with Gasteiger partial charge in [0, 0.05) is 23.9 Å². The molecule has 0 saturated carbocycles. The molecule has 3 aliphatic rings. The van der Waals surface area contributed by atoms with Crippen LogP contribution in [0.1, 0.15) is 59.4 Å². The van der Waals surface area contributed by atoms with E-state index in [-0.39, 0.29) is 23.3 Å². The minimum Gasteiger partial charge on any atom is -0.491 e. The number of nitrogens with zero attached hydrogens (tertiary/aromatic N) is 1. The molecule has 3 aliphatic heterocycles. The summed E-state index contributed by atoms with van der Waals surface area (Å²) in [5.74, 6) is 0.398. The molecule has 2 unspecified atom stereocenters. The first kappa shape index (κ1) is 22.0. The van der Waals surface area contributed by atoms with Gasteiger partial charge in [0.1, 0.15) is 18.5 Å². The van der Waals surface area contributed by atoms with Gasteiger partial charge >= 0.3 is 0 Å². The van der Waals surface area contributed by atoms with E-state index in [0.29, 0.717) is 19.8 Å². The van der Waals surface area contributed by atoms with Gasteiger partial charge in [0.25, 0.3) is 0 Å². The fourth-order valence-electron chi connectivity index (χ4n) is 5.06. The van der Waals surface area contributed by atoms with Crippen molar-refractivity contribution in [3.05, 3.63) is 29.8 Å². The predicted molar refractivity (Wildman–Crippen MR) is 114 cm³/mol. The number of hydrogen-bond donors (Lipinski definition) is 0. The molecule has 3 fully saturated rings. The third-order valence-electron chi connectivity index (χ3n) is 6.25. The van der Waals surface area contributed by atoms with Crippen LogP contribution in [-0.4, -0.2) is 60.6 Å². The first-order chi connectivity index (χ1) is 14.2. The highest BCUT2D eigenvalue weighted by Gasteiger charge is 2.57. The van der Waals surface area contributed by atoms with Crippen molar-refractivity contribution < 1.29 is 23.8 Å². The second kappa shape index (κ2) is 8.40. The Balaban J connectivity index is 1.31. The molecule has 0 bridgehead atoms. The lowest BCUT2D eigenvalue weighted by Gasteiger charge is -2.56. The van der Waals surface area contributed by atoms with E-state index < -0.39 is 5.79 Å². The largest absolute Gasteiger partial charge is 0.491 e. The Labute approximate surface area is 180 Å². The molecular formula is C24H37NO5. The van der Waals surface area contributed by atoms with Gasteiger partial charge in [0.05, 0.1) is 25.9 Å². The highest BCUT2D eigenvalue weighted by atomic mass is 16.7. The minimum atomic E-state index is -0.491. The quantitative estimate of drug-likeness (QED) is 0.591. The molecule has 0 aromatic heterocycles. The normalized spacial score (nSPS) is 29.2. The van der Waals surface area contributed by atoms with Gasteiger partial charge in [-0.2, -0.15) is 5.06 Å². The number of rotatable bonds is 8. The molecule has 0 radical (unpaired) electrons. The van der Waals surface area contributed by atoms with Gasteiger partial charge in [-0.15, -0.1) is 0 Å². The fraction of sp³-hybridized carbons (Fsp3) is 0.750. The molecule has 30 heavy (non-hydrogen) atoms. The maximum absolute atomic E-state index is 6.37. The first-order valence-corrected chi connectivity index (χ1v) is 11.3. The summed E-state index contributed by atoms with van der Waals surface area (Å²) in [6, 6.07) is 8.27. The summed E-state index contributed by atoms with van der Waals surface area (Å²) in [6.45, 7) is 13.8. The minimum absolute atomic E-state index is 0.188. The molecule has 1 aromatic carbocycles. The third-order valence-corrected chi connectivity index (χ3v) is 6.25. The van der Waals surface area contributed by atoms with Crippen molar-refractivity contribution in [2.45, 2.75) is 89.4 Å². The van der Waals surface area contributed by atoms with Crippen LogP contribution in [0.3, 0.4) is 0 Å². The van der Waals surface area contributed by atoms with Gasteiger partial charge in [0.15, 0.2) is 5.79 Å². The zero-order chi connectivity index (χ0) is 21.4. The average molecular weight is 420 g/mol. The lowest BCUT2D eigenvalue weighted by atomic mass is 9.78. The van der Waals surface area contributed by atoms with E-state index in [9.17, 15) is 0 Å². The molecule has 0 aliphatic carbocycles. The highest BCUT2D eigenvalue weighted by molar-refractivity contribution is 5.27. The fourth-order valence-corrected chi connectivity index (χ4v) is 5.06. The van der Waals surface area contributed by atoms with Crippen molar-refractivity contribution in [3.63, 3.8) is 0 Å². The van der Waals surface area contributed by atoms with Crippen LogP contribution in [0.5, 0.6) is 5.75 Å². The summed E-state index contributed by atoms with van der Waals surface area (Å²) in [6.07, 6.45) is 3.92. The van der Waals surface area contributed by atoms with Crippen LogP contribution in [0.2, 0.25) is 0 Å². The Morgan fingerprint density at radius 1 is 1.00 bits per heavy atom. The average Bonchev–Trinajstić information content (AvgIpc) is 3.43. The molecule has 3 heterocycles. The molecule has 0 amide bonds. The number of piperidine rings is 1. The topological polar surface area (TPSA) is 52.7 Å². The maximum Gasteiger partial charge on any atom is 0.172 e. The van der Waals surface area contributed by atoms with E-state index in [0.717, 1.165) is 38.0 Å². The molecule has 2 atom stereocenters. The Morgan fingerprint density at radius 3 is 2.23 bits per heavy atom. The molecule has 6 heteroatoms. The Kier molecular flexibility index (Phi) is 6.17. The number of ether oxygens (including phenoxy) is 4. The smallest absolute Gasteiger partial charge is 0.172 e. The van der Waals surface area contributed by atoms with Crippen LogP contribution in [0.4, 0.5) is 0 Å². The summed E-state index contributed by atoms with van der Waals surface area (Å²) in [5.41, 5.74) is 0.863. The van der Waals surface area contributed by atoms with Gasteiger partial charge in [-0.25, -0.2) is 0 Å². The molecule has 4 rings (SSSR count). The maximum atomic E-state index is 6.37. The predicted octanol–water partition coefficient (Wildman–Crippen LogP) is 4.11. The van der Waals surface area contributed by atoms with Crippen molar-refractivity contribution in [1.82, 2.24) is 5.06 Å². The summed E-state index contributed by atoms with van der Waals surface area (Å²) in [5, 5.41) is 2.17. The molecule has 6 nitrogen and oxygen atoms in total. The number of hydroxylamine groups is 2. The molecule has 1 aromatic rings. The first-order valence-electron chi connectivity index (χ1n) is 11.3. The van der Waals surface area contributed by atoms with E-state index in [1.54, 1.807) is 0 Å². The second-order valence-corrected chi connectivity index (χ2v) is 10.1. The highest BCUT2D eigenvalue weighted by Crippen LogP contribution is 2.48. The molecule has 0 N–H and O–H groups in total. The van der Waals surface area contributed by atoms with E-state index in [2.05, 4.69) is 51.8 Å². The Bertz CT molecular complexity index is 695.